The van der Waals surface area contributed by atoms with Gasteiger partial charge in [-0.05, 0) is 28.1 Å². The predicted molar refractivity (Wildman–Crippen MR) is 67.6 cm³/mol. The van der Waals surface area contributed by atoms with Gasteiger partial charge in [-0.15, -0.1) is 0 Å². The average molecular weight is 331 g/mol. The van der Waals surface area contributed by atoms with Crippen LogP contribution in [0.3, 0.4) is 0 Å². The van der Waals surface area contributed by atoms with Crippen LogP contribution in [0.2, 0.25) is 0 Å². The monoisotopic (exact) mass is 329 g/mol. The number of nitrogen functional groups attached to an aromatic ring is 1. The first kappa shape index (κ1) is 10.7. The minimum absolute atomic E-state index is 0.666. The van der Waals surface area contributed by atoms with Crippen LogP contribution in [0.5, 0.6) is 0 Å². The minimum atomic E-state index is 0.666. The van der Waals surface area contributed by atoms with Gasteiger partial charge in [0.2, 0.25) is 0 Å². The van der Waals surface area contributed by atoms with Crippen molar-refractivity contribution in [1.29, 1.82) is 0 Å². The van der Waals surface area contributed by atoms with Crippen molar-refractivity contribution in [3.8, 4) is 0 Å². The molecule has 1 heterocycles. The predicted octanol–water partition coefficient (Wildman–Crippen LogP) is 3.04. The second kappa shape index (κ2) is 4.37. The fraction of sp³-hybridized carbons (Fsp3) is 0.100. The molecule has 0 saturated carbocycles. The van der Waals surface area contributed by atoms with Gasteiger partial charge in [0.1, 0.15) is 0 Å². The smallest absolute Gasteiger partial charge is 0.0691 e. The molecule has 78 valence electrons. The Morgan fingerprint density at radius 1 is 1.33 bits per heavy atom. The molecule has 0 aliphatic carbocycles. The Kier molecular flexibility index (Phi) is 3.11. The second-order valence-corrected chi connectivity index (χ2v) is 4.93. The molecule has 0 atom stereocenters. The summed E-state index contributed by atoms with van der Waals surface area (Å²) >= 11 is 6.83. The number of aromatic nitrogens is 2. The van der Waals surface area contributed by atoms with E-state index in [0.717, 1.165) is 20.2 Å². The third kappa shape index (κ3) is 2.41. The van der Waals surface area contributed by atoms with Crippen molar-refractivity contribution in [2.45, 2.75) is 6.54 Å². The zero-order valence-corrected chi connectivity index (χ0v) is 11.0. The summed E-state index contributed by atoms with van der Waals surface area (Å²) in [5, 5.41) is 4.19. The van der Waals surface area contributed by atoms with Gasteiger partial charge in [-0.3, -0.25) is 4.68 Å². The van der Waals surface area contributed by atoms with Gasteiger partial charge in [-0.25, -0.2) is 0 Å². The fourth-order valence-corrected chi connectivity index (χ4v) is 2.16. The van der Waals surface area contributed by atoms with E-state index >= 15 is 0 Å². The van der Waals surface area contributed by atoms with Crippen LogP contribution in [0, 0.1) is 0 Å². The quantitative estimate of drug-likeness (QED) is 0.860. The summed E-state index contributed by atoms with van der Waals surface area (Å²) in [5.41, 5.74) is 7.72. The zero-order chi connectivity index (χ0) is 10.8. The summed E-state index contributed by atoms with van der Waals surface area (Å²) in [6.45, 7) is 0.666. The number of benzene rings is 1. The van der Waals surface area contributed by atoms with Crippen molar-refractivity contribution >= 4 is 37.5 Å². The van der Waals surface area contributed by atoms with E-state index < -0.39 is 0 Å². The molecule has 2 rings (SSSR count). The standard InChI is InChI=1S/C10H9Br2N3/c11-7-4-14-15(5-7)6-8-9(12)2-1-3-10(8)13/h1-5H,6,13H2. The lowest BCUT2D eigenvalue weighted by Crippen LogP contribution is -2.04. The number of nitrogens with zero attached hydrogens (tertiary/aromatic N) is 2. The highest BCUT2D eigenvalue weighted by molar-refractivity contribution is 9.10. The van der Waals surface area contributed by atoms with Crippen molar-refractivity contribution in [3.63, 3.8) is 0 Å². The van der Waals surface area contributed by atoms with E-state index in [4.69, 9.17) is 5.73 Å². The summed E-state index contributed by atoms with van der Waals surface area (Å²) < 4.78 is 3.81. The molecule has 1 aromatic heterocycles. The third-order valence-corrected chi connectivity index (χ3v) is 3.23. The van der Waals surface area contributed by atoms with Crippen LogP contribution in [-0.2, 0) is 6.54 Å². The molecule has 0 spiro atoms. The Labute approximate surface area is 105 Å². The van der Waals surface area contributed by atoms with Crippen LogP contribution in [0.1, 0.15) is 5.56 Å². The molecule has 2 aromatic rings. The molecule has 0 radical (unpaired) electrons. The van der Waals surface area contributed by atoms with Crippen LogP contribution < -0.4 is 5.73 Å². The largest absolute Gasteiger partial charge is 0.398 e. The van der Waals surface area contributed by atoms with Gasteiger partial charge < -0.3 is 5.73 Å². The SMILES string of the molecule is Nc1cccc(Br)c1Cn1cc(Br)cn1. The highest BCUT2D eigenvalue weighted by atomic mass is 79.9. The van der Waals surface area contributed by atoms with Crippen LogP contribution in [0.4, 0.5) is 5.69 Å². The summed E-state index contributed by atoms with van der Waals surface area (Å²) in [6.07, 6.45) is 3.67. The maximum atomic E-state index is 5.89. The third-order valence-electron chi connectivity index (χ3n) is 2.08. The summed E-state index contributed by atoms with van der Waals surface area (Å²) in [6, 6.07) is 5.78. The minimum Gasteiger partial charge on any atom is -0.398 e. The molecule has 0 aliphatic heterocycles. The topological polar surface area (TPSA) is 43.8 Å². The highest BCUT2D eigenvalue weighted by Gasteiger charge is 2.05. The first-order chi connectivity index (χ1) is 7.16. The fourth-order valence-electron chi connectivity index (χ4n) is 1.33. The Balaban J connectivity index is 2.31. The number of halogens is 2. The highest BCUT2D eigenvalue weighted by Crippen LogP contribution is 2.23. The van der Waals surface area contributed by atoms with Gasteiger partial charge >= 0.3 is 0 Å². The zero-order valence-electron chi connectivity index (χ0n) is 7.82. The van der Waals surface area contributed by atoms with Gasteiger partial charge in [-0.2, -0.15) is 5.10 Å². The van der Waals surface area contributed by atoms with Crippen molar-refractivity contribution in [3.05, 3.63) is 45.1 Å². The van der Waals surface area contributed by atoms with Gasteiger partial charge in [0.05, 0.1) is 17.2 Å². The first-order valence-electron chi connectivity index (χ1n) is 4.37. The molecule has 1 aromatic carbocycles. The lowest BCUT2D eigenvalue weighted by Gasteiger charge is -2.07. The van der Waals surface area contributed by atoms with E-state index in [1.54, 1.807) is 6.20 Å². The van der Waals surface area contributed by atoms with Gasteiger partial charge in [0.25, 0.3) is 0 Å². The molecule has 0 unspecified atom stereocenters. The Hall–Kier alpha value is -0.810. The van der Waals surface area contributed by atoms with Gasteiger partial charge in [-0.1, -0.05) is 22.0 Å². The second-order valence-electron chi connectivity index (χ2n) is 3.16. The van der Waals surface area contributed by atoms with E-state index in [1.807, 2.05) is 29.1 Å². The van der Waals surface area contributed by atoms with Crippen LogP contribution >= 0.6 is 31.9 Å². The average Bonchev–Trinajstić information content (AvgIpc) is 2.58. The Bertz CT molecular complexity index is 459. The van der Waals surface area contributed by atoms with E-state index in [-0.39, 0.29) is 0 Å². The number of hydrogen-bond donors (Lipinski definition) is 1. The lowest BCUT2D eigenvalue weighted by atomic mass is 10.2. The molecular formula is C10H9Br2N3. The summed E-state index contributed by atoms with van der Waals surface area (Å²) in [4.78, 5) is 0. The van der Waals surface area contributed by atoms with E-state index in [1.165, 1.54) is 0 Å². The maximum absolute atomic E-state index is 5.89. The molecule has 3 nitrogen and oxygen atoms in total. The molecule has 15 heavy (non-hydrogen) atoms. The van der Waals surface area contributed by atoms with Crippen LogP contribution in [-0.4, -0.2) is 9.78 Å². The summed E-state index contributed by atoms with van der Waals surface area (Å²) in [5.74, 6) is 0. The lowest BCUT2D eigenvalue weighted by molar-refractivity contribution is 0.686. The molecule has 5 heteroatoms. The molecule has 0 saturated heterocycles. The van der Waals surface area contributed by atoms with Crippen LogP contribution in [0.25, 0.3) is 0 Å². The van der Waals surface area contributed by atoms with Gasteiger partial charge in [0.15, 0.2) is 0 Å². The molecule has 2 N–H and O–H groups in total. The Morgan fingerprint density at radius 2 is 2.13 bits per heavy atom. The van der Waals surface area contributed by atoms with Crippen molar-refractivity contribution in [2.75, 3.05) is 5.73 Å². The number of rotatable bonds is 2. The Morgan fingerprint density at radius 3 is 2.73 bits per heavy atom. The number of nitrogens with two attached hydrogens (primary N) is 1. The van der Waals surface area contributed by atoms with Crippen molar-refractivity contribution in [1.82, 2.24) is 9.78 Å². The normalized spacial score (nSPS) is 10.5. The van der Waals surface area contributed by atoms with Crippen molar-refractivity contribution < 1.29 is 0 Å². The van der Waals surface area contributed by atoms with Gasteiger partial charge in [0, 0.05) is 21.9 Å². The van der Waals surface area contributed by atoms with Crippen molar-refractivity contribution in [2.24, 2.45) is 0 Å². The van der Waals surface area contributed by atoms with E-state index in [2.05, 4.69) is 37.0 Å². The van der Waals surface area contributed by atoms with Crippen LogP contribution in [0.15, 0.2) is 39.5 Å². The molecule has 0 aliphatic rings. The molecular weight excluding hydrogens is 322 g/mol. The number of hydrogen-bond acceptors (Lipinski definition) is 2. The molecule has 0 bridgehead atoms. The molecule has 0 amide bonds. The maximum Gasteiger partial charge on any atom is 0.0691 e. The van der Waals surface area contributed by atoms with E-state index in [9.17, 15) is 0 Å². The first-order valence-corrected chi connectivity index (χ1v) is 5.96. The molecule has 0 fully saturated rings. The van der Waals surface area contributed by atoms with E-state index in [0.29, 0.717) is 6.54 Å². The summed E-state index contributed by atoms with van der Waals surface area (Å²) in [7, 11) is 0. The number of anilines is 1.